The number of ether oxygens (including phenoxy) is 1. The largest absolute Gasteiger partial charge is 0.448 e. The van der Waals surface area contributed by atoms with Gasteiger partial charge in [-0.25, -0.2) is 4.79 Å². The second-order valence-electron chi connectivity index (χ2n) is 9.00. The molecule has 29 heavy (non-hydrogen) atoms. The van der Waals surface area contributed by atoms with Gasteiger partial charge in [0.2, 0.25) is 0 Å². The predicted molar refractivity (Wildman–Crippen MR) is 115 cm³/mol. The summed E-state index contributed by atoms with van der Waals surface area (Å²) in [6, 6.07) is 17.0. The monoisotopic (exact) mass is 393 g/mol. The Morgan fingerprint density at radius 1 is 1.03 bits per heavy atom. The smallest absolute Gasteiger partial charge is 0.410 e. The molecule has 1 fully saturated rings. The molecule has 0 aromatic heterocycles. The molecule has 0 unspecified atom stereocenters. The minimum Gasteiger partial charge on any atom is -0.448 e. The second-order valence-corrected chi connectivity index (χ2v) is 9.00. The number of hydrogen-bond acceptors (Lipinski definition) is 3. The van der Waals surface area contributed by atoms with E-state index < -0.39 is 5.60 Å². The Bertz CT molecular complexity index is 819. The first kappa shape index (κ1) is 20.0. The summed E-state index contributed by atoms with van der Waals surface area (Å²) in [6.45, 7) is 4.46. The summed E-state index contributed by atoms with van der Waals surface area (Å²) in [6.07, 6.45) is 4.66. The lowest BCUT2D eigenvalue weighted by atomic mass is 9.98. The number of carbonyl (C=O) groups is 1. The molecule has 0 bridgehead atoms. The van der Waals surface area contributed by atoms with Crippen molar-refractivity contribution in [2.24, 2.45) is 0 Å². The number of hydrogen-bond donors (Lipinski definition) is 1. The van der Waals surface area contributed by atoms with Crippen LogP contribution in [0.5, 0.6) is 0 Å². The zero-order chi connectivity index (χ0) is 20.4. The minimum atomic E-state index is -0.791. The summed E-state index contributed by atoms with van der Waals surface area (Å²) in [4.78, 5) is 14.9. The first-order valence-electron chi connectivity index (χ1n) is 10.8. The van der Waals surface area contributed by atoms with Crippen LogP contribution < -0.4 is 0 Å². The molecule has 4 nitrogen and oxygen atoms in total. The van der Waals surface area contributed by atoms with Crippen molar-refractivity contribution >= 4 is 6.09 Å². The zero-order valence-corrected chi connectivity index (χ0v) is 17.4. The van der Waals surface area contributed by atoms with Gasteiger partial charge in [-0.1, -0.05) is 61.4 Å². The highest BCUT2D eigenvalue weighted by molar-refractivity contribution is 5.79. The summed E-state index contributed by atoms with van der Waals surface area (Å²) < 4.78 is 5.88. The first-order chi connectivity index (χ1) is 13.9. The summed E-state index contributed by atoms with van der Waals surface area (Å²) >= 11 is 0. The number of nitrogens with zero attached hydrogens (tertiary/aromatic N) is 1. The summed E-state index contributed by atoms with van der Waals surface area (Å²) in [5.74, 6) is 0.0751. The van der Waals surface area contributed by atoms with Gasteiger partial charge in [-0.2, -0.15) is 0 Å². The van der Waals surface area contributed by atoms with Gasteiger partial charge in [-0.15, -0.1) is 0 Å². The molecule has 1 saturated carbocycles. The van der Waals surface area contributed by atoms with Crippen LogP contribution in [0.2, 0.25) is 0 Å². The molecule has 154 valence electrons. The molecule has 2 aliphatic rings. The number of carbonyl (C=O) groups excluding carboxylic acids is 1. The molecule has 0 spiro atoms. The van der Waals surface area contributed by atoms with E-state index in [1.54, 1.807) is 13.8 Å². The quantitative estimate of drug-likeness (QED) is 0.720. The Labute approximate surface area is 173 Å². The van der Waals surface area contributed by atoms with Gasteiger partial charge < -0.3 is 14.7 Å². The maximum Gasteiger partial charge on any atom is 0.410 e. The van der Waals surface area contributed by atoms with Gasteiger partial charge in [0.15, 0.2) is 0 Å². The molecule has 0 saturated heterocycles. The van der Waals surface area contributed by atoms with E-state index in [0.717, 1.165) is 25.7 Å². The highest BCUT2D eigenvalue weighted by Gasteiger charge is 2.32. The molecule has 0 atom stereocenters. The van der Waals surface area contributed by atoms with Gasteiger partial charge in [0, 0.05) is 18.5 Å². The second kappa shape index (κ2) is 8.19. The standard InChI is InChI=1S/C25H31NO3/c1-25(2,28)15-16-26(18-9-3-4-10-18)24(27)29-17-23-21-13-7-5-11-19(21)20-12-6-8-14-22(20)23/h5-8,11-14,18,23,28H,3-4,9-10,15-17H2,1-2H3. The van der Waals surface area contributed by atoms with E-state index >= 15 is 0 Å². The Hall–Kier alpha value is -2.33. The van der Waals surface area contributed by atoms with Gasteiger partial charge in [-0.3, -0.25) is 0 Å². The van der Waals surface area contributed by atoms with Crippen LogP contribution >= 0.6 is 0 Å². The van der Waals surface area contributed by atoms with E-state index in [1.807, 2.05) is 17.0 Å². The van der Waals surface area contributed by atoms with Crippen molar-refractivity contribution in [3.05, 3.63) is 59.7 Å². The van der Waals surface area contributed by atoms with Crippen molar-refractivity contribution < 1.29 is 14.6 Å². The molecule has 2 aromatic rings. The van der Waals surface area contributed by atoms with E-state index in [0.29, 0.717) is 19.6 Å². The van der Waals surface area contributed by atoms with Crippen LogP contribution in [-0.4, -0.2) is 40.9 Å². The molecule has 4 rings (SSSR count). The van der Waals surface area contributed by atoms with Crippen molar-refractivity contribution in [1.29, 1.82) is 0 Å². The van der Waals surface area contributed by atoms with Crippen molar-refractivity contribution in [3.63, 3.8) is 0 Å². The van der Waals surface area contributed by atoms with Crippen LogP contribution in [0, 0.1) is 0 Å². The molecule has 0 radical (unpaired) electrons. The van der Waals surface area contributed by atoms with Crippen LogP contribution in [0.25, 0.3) is 11.1 Å². The maximum atomic E-state index is 13.0. The molecule has 0 heterocycles. The van der Waals surface area contributed by atoms with Gasteiger partial charge in [0.25, 0.3) is 0 Å². The highest BCUT2D eigenvalue weighted by atomic mass is 16.6. The fourth-order valence-electron chi connectivity index (χ4n) is 4.71. The van der Waals surface area contributed by atoms with E-state index in [2.05, 4.69) is 36.4 Å². The van der Waals surface area contributed by atoms with Crippen LogP contribution in [0.3, 0.4) is 0 Å². The lowest BCUT2D eigenvalue weighted by Gasteiger charge is -2.31. The Morgan fingerprint density at radius 2 is 1.59 bits per heavy atom. The van der Waals surface area contributed by atoms with E-state index in [4.69, 9.17) is 4.74 Å². The van der Waals surface area contributed by atoms with Crippen molar-refractivity contribution in [2.45, 2.75) is 63.5 Å². The maximum absolute atomic E-state index is 13.0. The molecule has 0 aliphatic heterocycles. The van der Waals surface area contributed by atoms with Gasteiger partial charge in [0.1, 0.15) is 6.61 Å². The van der Waals surface area contributed by atoms with Gasteiger partial charge >= 0.3 is 6.09 Å². The lowest BCUT2D eigenvalue weighted by Crippen LogP contribution is -2.42. The molecule has 2 aliphatic carbocycles. The van der Waals surface area contributed by atoms with Crippen LogP contribution in [0.4, 0.5) is 4.79 Å². The SMILES string of the molecule is CC(C)(O)CCN(C(=O)OCC1c2ccccc2-c2ccccc21)C1CCCC1. The fraction of sp³-hybridized carbons (Fsp3) is 0.480. The number of fused-ring (bicyclic) bond motifs is 3. The number of rotatable bonds is 6. The normalized spacial score (nSPS) is 16.5. The van der Waals surface area contributed by atoms with Crippen LogP contribution in [-0.2, 0) is 4.74 Å². The van der Waals surface area contributed by atoms with Crippen molar-refractivity contribution in [1.82, 2.24) is 4.90 Å². The van der Waals surface area contributed by atoms with Crippen molar-refractivity contribution in [2.75, 3.05) is 13.2 Å². The Morgan fingerprint density at radius 3 is 2.14 bits per heavy atom. The Balaban J connectivity index is 1.49. The molecule has 1 amide bonds. The third kappa shape index (κ3) is 4.32. The average molecular weight is 394 g/mol. The van der Waals surface area contributed by atoms with E-state index in [-0.39, 0.29) is 18.1 Å². The van der Waals surface area contributed by atoms with E-state index in [9.17, 15) is 9.90 Å². The zero-order valence-electron chi connectivity index (χ0n) is 17.4. The predicted octanol–water partition coefficient (Wildman–Crippen LogP) is 5.34. The van der Waals surface area contributed by atoms with Gasteiger partial charge in [0.05, 0.1) is 5.60 Å². The lowest BCUT2D eigenvalue weighted by molar-refractivity contribution is 0.0427. The summed E-state index contributed by atoms with van der Waals surface area (Å²) in [7, 11) is 0. The van der Waals surface area contributed by atoms with Crippen LogP contribution in [0.1, 0.15) is 63.0 Å². The number of benzene rings is 2. The topological polar surface area (TPSA) is 49.8 Å². The third-order valence-electron chi connectivity index (χ3n) is 6.30. The molecular formula is C25H31NO3. The van der Waals surface area contributed by atoms with Gasteiger partial charge in [-0.05, 0) is 55.4 Å². The fourth-order valence-corrected chi connectivity index (χ4v) is 4.71. The minimum absolute atomic E-state index is 0.0751. The average Bonchev–Trinajstić information content (AvgIpc) is 3.32. The number of aliphatic hydroxyl groups is 1. The summed E-state index contributed by atoms with van der Waals surface area (Å²) in [5, 5.41) is 10.1. The summed E-state index contributed by atoms with van der Waals surface area (Å²) in [5.41, 5.74) is 4.13. The number of amides is 1. The molecule has 4 heteroatoms. The van der Waals surface area contributed by atoms with E-state index in [1.165, 1.54) is 22.3 Å². The highest BCUT2D eigenvalue weighted by Crippen LogP contribution is 2.44. The third-order valence-corrected chi connectivity index (χ3v) is 6.30. The molecular weight excluding hydrogens is 362 g/mol. The molecule has 2 aromatic carbocycles. The first-order valence-corrected chi connectivity index (χ1v) is 10.8. The van der Waals surface area contributed by atoms with Crippen molar-refractivity contribution in [3.8, 4) is 11.1 Å². The molecule has 1 N–H and O–H groups in total. The Kier molecular flexibility index (Phi) is 5.64. The van der Waals surface area contributed by atoms with Crippen LogP contribution in [0.15, 0.2) is 48.5 Å².